The van der Waals surface area contributed by atoms with Crippen LogP contribution in [0.4, 0.5) is 0 Å². The highest BCUT2D eigenvalue weighted by Gasteiger charge is 2.15. The van der Waals surface area contributed by atoms with E-state index in [1.165, 1.54) is 0 Å². The van der Waals surface area contributed by atoms with Crippen LogP contribution in [0, 0.1) is 7.05 Å². The number of morpholine rings is 1. The Morgan fingerprint density at radius 2 is 2.44 bits per heavy atom. The van der Waals surface area contributed by atoms with Crippen molar-refractivity contribution in [3.8, 4) is 5.75 Å². The van der Waals surface area contributed by atoms with Crippen LogP contribution in [0.2, 0.25) is 5.02 Å². The molecule has 1 atom stereocenters. The second-order valence-corrected chi connectivity index (χ2v) is 4.27. The fourth-order valence-electron chi connectivity index (χ4n) is 1.63. The average molecular weight is 241 g/mol. The van der Waals surface area contributed by atoms with Crippen molar-refractivity contribution in [1.82, 2.24) is 4.90 Å². The third-order valence-corrected chi connectivity index (χ3v) is 2.69. The van der Waals surface area contributed by atoms with Gasteiger partial charge in [-0.2, -0.15) is 0 Å². The quantitative estimate of drug-likeness (QED) is 0.757. The van der Waals surface area contributed by atoms with Gasteiger partial charge in [0.05, 0.1) is 6.61 Å². The van der Waals surface area contributed by atoms with Crippen molar-refractivity contribution < 1.29 is 9.47 Å². The summed E-state index contributed by atoms with van der Waals surface area (Å²) in [5, 5.41) is 0.681. The Labute approximate surface area is 101 Å². The van der Waals surface area contributed by atoms with E-state index in [1.807, 2.05) is 23.1 Å². The van der Waals surface area contributed by atoms with Crippen molar-refractivity contribution in [1.29, 1.82) is 0 Å². The maximum Gasteiger partial charge on any atom is 0.120 e. The van der Waals surface area contributed by atoms with Gasteiger partial charge in [0.2, 0.25) is 0 Å². The third kappa shape index (κ3) is 3.37. The molecule has 4 heteroatoms. The lowest BCUT2D eigenvalue weighted by Crippen LogP contribution is -2.41. The standard InChI is InChI=1S/C12H15ClNO2/c1-14-5-6-15-12(8-14)9-16-11-4-2-3-10(13)7-11/h2-4,7,12H,1,5-6,8-9H2/q-1. The van der Waals surface area contributed by atoms with Crippen LogP contribution in [-0.4, -0.2) is 37.3 Å². The van der Waals surface area contributed by atoms with E-state index >= 15 is 0 Å². The average Bonchev–Trinajstić information content (AvgIpc) is 2.27. The summed E-state index contributed by atoms with van der Waals surface area (Å²) < 4.78 is 11.2. The van der Waals surface area contributed by atoms with E-state index < -0.39 is 0 Å². The zero-order chi connectivity index (χ0) is 11.4. The minimum atomic E-state index is 0.0882. The number of halogens is 1. The molecule has 1 aliphatic rings. The Morgan fingerprint density at radius 3 is 3.19 bits per heavy atom. The number of rotatable bonds is 3. The molecule has 3 nitrogen and oxygen atoms in total. The predicted molar refractivity (Wildman–Crippen MR) is 63.6 cm³/mol. The first-order valence-electron chi connectivity index (χ1n) is 5.29. The third-order valence-electron chi connectivity index (χ3n) is 2.45. The Kier molecular flexibility index (Phi) is 4.04. The maximum atomic E-state index is 5.86. The highest BCUT2D eigenvalue weighted by atomic mass is 35.5. The number of hydrogen-bond acceptors (Lipinski definition) is 3. The summed E-state index contributed by atoms with van der Waals surface area (Å²) in [6.45, 7) is 2.94. The van der Waals surface area contributed by atoms with Crippen molar-refractivity contribution >= 4 is 11.6 Å². The topological polar surface area (TPSA) is 21.7 Å². The van der Waals surface area contributed by atoms with Crippen molar-refractivity contribution in [3.05, 3.63) is 36.3 Å². The van der Waals surface area contributed by atoms with E-state index in [-0.39, 0.29) is 6.10 Å². The second-order valence-electron chi connectivity index (χ2n) is 3.84. The molecule has 0 spiro atoms. The first-order chi connectivity index (χ1) is 7.74. The minimum absolute atomic E-state index is 0.0882. The van der Waals surface area contributed by atoms with E-state index in [9.17, 15) is 0 Å². The van der Waals surface area contributed by atoms with Crippen LogP contribution >= 0.6 is 11.6 Å². The lowest BCUT2D eigenvalue weighted by atomic mass is 10.3. The molecule has 1 aromatic rings. The molecule has 1 fully saturated rings. The van der Waals surface area contributed by atoms with Gasteiger partial charge in [0.25, 0.3) is 0 Å². The largest absolute Gasteiger partial charge is 0.491 e. The molecule has 88 valence electrons. The van der Waals surface area contributed by atoms with Crippen molar-refractivity contribution in [2.75, 3.05) is 26.3 Å². The fraction of sp³-hybridized carbons (Fsp3) is 0.417. The Bertz CT molecular complexity index is 346. The molecule has 0 aliphatic carbocycles. The Morgan fingerprint density at radius 1 is 1.56 bits per heavy atom. The van der Waals surface area contributed by atoms with Gasteiger partial charge in [0.1, 0.15) is 18.5 Å². The normalized spacial score (nSPS) is 22.0. The van der Waals surface area contributed by atoms with Crippen LogP contribution in [0.15, 0.2) is 24.3 Å². The molecule has 1 aliphatic heterocycles. The smallest absolute Gasteiger partial charge is 0.120 e. The van der Waals surface area contributed by atoms with Crippen LogP contribution in [0.25, 0.3) is 0 Å². The van der Waals surface area contributed by atoms with Crippen LogP contribution in [0.1, 0.15) is 0 Å². The van der Waals surface area contributed by atoms with Gasteiger partial charge in [-0.3, -0.25) is 7.05 Å². The molecule has 0 bridgehead atoms. The summed E-state index contributed by atoms with van der Waals surface area (Å²) in [5.74, 6) is 0.775. The Balaban J connectivity index is 1.82. The summed E-state index contributed by atoms with van der Waals surface area (Å²) >= 11 is 5.86. The Hall–Kier alpha value is -0.770. The molecule has 1 saturated heterocycles. The highest BCUT2D eigenvalue weighted by Crippen LogP contribution is 2.17. The van der Waals surface area contributed by atoms with E-state index in [0.717, 1.165) is 18.8 Å². The van der Waals surface area contributed by atoms with Crippen LogP contribution in [0.5, 0.6) is 5.75 Å². The van der Waals surface area contributed by atoms with E-state index in [2.05, 4.69) is 7.05 Å². The van der Waals surface area contributed by atoms with Crippen LogP contribution in [0.3, 0.4) is 0 Å². The molecular weight excluding hydrogens is 226 g/mol. The second kappa shape index (κ2) is 5.53. The van der Waals surface area contributed by atoms with Gasteiger partial charge in [-0.05, 0) is 24.7 Å². The number of hydrogen-bond donors (Lipinski definition) is 0. The molecule has 0 radical (unpaired) electrons. The summed E-state index contributed by atoms with van der Waals surface area (Å²) in [4.78, 5) is 2.00. The molecule has 0 saturated carbocycles. The molecule has 2 rings (SSSR count). The van der Waals surface area contributed by atoms with E-state index in [0.29, 0.717) is 18.2 Å². The minimum Gasteiger partial charge on any atom is -0.491 e. The monoisotopic (exact) mass is 240 g/mol. The predicted octanol–water partition coefficient (Wildman–Crippen LogP) is 2.21. The number of ether oxygens (including phenoxy) is 2. The van der Waals surface area contributed by atoms with Crippen LogP contribution < -0.4 is 4.74 Å². The molecule has 0 aromatic heterocycles. The summed E-state index contributed by atoms with van der Waals surface area (Å²) in [7, 11) is 3.89. The van der Waals surface area contributed by atoms with Crippen molar-refractivity contribution in [3.63, 3.8) is 0 Å². The number of benzene rings is 1. The van der Waals surface area contributed by atoms with Crippen molar-refractivity contribution in [2.45, 2.75) is 6.10 Å². The molecule has 0 N–H and O–H groups in total. The summed E-state index contributed by atoms with van der Waals surface area (Å²) in [5.41, 5.74) is 0. The zero-order valence-electron chi connectivity index (χ0n) is 9.06. The highest BCUT2D eigenvalue weighted by molar-refractivity contribution is 6.30. The molecule has 1 unspecified atom stereocenters. The van der Waals surface area contributed by atoms with Gasteiger partial charge in [-0.25, -0.2) is 0 Å². The number of nitrogens with zero attached hydrogens (tertiary/aromatic N) is 1. The van der Waals surface area contributed by atoms with E-state index in [4.69, 9.17) is 21.1 Å². The summed E-state index contributed by atoms with van der Waals surface area (Å²) in [6.07, 6.45) is 0.0882. The van der Waals surface area contributed by atoms with Gasteiger partial charge in [-0.1, -0.05) is 17.7 Å². The SMILES string of the molecule is [CH2-]N1CCOC(COc2cccc(Cl)c2)C1. The maximum absolute atomic E-state index is 5.86. The molecular formula is C12H15ClNO2-. The van der Waals surface area contributed by atoms with Crippen molar-refractivity contribution in [2.24, 2.45) is 0 Å². The molecule has 1 aromatic carbocycles. The molecule has 16 heavy (non-hydrogen) atoms. The van der Waals surface area contributed by atoms with E-state index in [1.54, 1.807) is 6.07 Å². The van der Waals surface area contributed by atoms with Gasteiger partial charge in [0.15, 0.2) is 0 Å². The molecule has 1 heterocycles. The van der Waals surface area contributed by atoms with Crippen LogP contribution in [-0.2, 0) is 4.74 Å². The summed E-state index contributed by atoms with van der Waals surface area (Å²) in [6, 6.07) is 7.37. The first-order valence-corrected chi connectivity index (χ1v) is 5.67. The van der Waals surface area contributed by atoms with Gasteiger partial charge in [0, 0.05) is 11.6 Å². The zero-order valence-corrected chi connectivity index (χ0v) is 9.82. The van der Waals surface area contributed by atoms with Gasteiger partial charge >= 0.3 is 0 Å². The van der Waals surface area contributed by atoms with Gasteiger partial charge in [-0.15, -0.1) is 0 Å². The van der Waals surface area contributed by atoms with Gasteiger partial charge < -0.3 is 14.4 Å². The fourth-order valence-corrected chi connectivity index (χ4v) is 1.81. The lowest BCUT2D eigenvalue weighted by Gasteiger charge is -2.35. The lowest BCUT2D eigenvalue weighted by molar-refractivity contribution is -0.0353. The molecule has 0 amide bonds. The first kappa shape index (κ1) is 11.7.